The summed E-state index contributed by atoms with van der Waals surface area (Å²) < 4.78 is 0. The van der Waals surface area contributed by atoms with Gasteiger partial charge in [-0.15, -0.1) is 12.4 Å². The van der Waals surface area contributed by atoms with Crippen LogP contribution in [0.15, 0.2) is 0 Å². The molecule has 0 bridgehead atoms. The molecule has 4 heteroatoms. The van der Waals surface area contributed by atoms with Crippen LogP contribution in [0, 0.1) is 0 Å². The lowest BCUT2D eigenvalue weighted by Gasteiger charge is -2.13. The molecule has 3 N–H and O–H groups in total. The van der Waals surface area contributed by atoms with Gasteiger partial charge < -0.3 is 15.7 Å². The molecular formula is C5H15ClN2O. The molecule has 0 aromatic carbocycles. The number of hydrogen-bond donors (Lipinski definition) is 2. The molecule has 0 aromatic rings. The zero-order valence-corrected chi connectivity index (χ0v) is 6.69. The number of hydrogen-bond acceptors (Lipinski definition) is 3. The zero-order valence-electron chi connectivity index (χ0n) is 5.87. The summed E-state index contributed by atoms with van der Waals surface area (Å²) in [6.45, 7) is 0.814. The average Bonchev–Trinajstić information content (AvgIpc) is 1.65. The highest BCUT2D eigenvalue weighted by molar-refractivity contribution is 5.85. The van der Waals surface area contributed by atoms with Gasteiger partial charge in [-0.1, -0.05) is 0 Å². The van der Waals surface area contributed by atoms with Gasteiger partial charge in [0, 0.05) is 12.6 Å². The maximum absolute atomic E-state index is 8.43. The van der Waals surface area contributed by atoms with Crippen LogP contribution in [-0.4, -0.2) is 43.3 Å². The summed E-state index contributed by atoms with van der Waals surface area (Å²) in [6, 6.07) is -0.0926. The first-order chi connectivity index (χ1) is 3.66. The van der Waals surface area contributed by atoms with E-state index in [-0.39, 0.29) is 25.1 Å². The van der Waals surface area contributed by atoms with Gasteiger partial charge in [0.2, 0.25) is 0 Å². The van der Waals surface area contributed by atoms with Gasteiger partial charge in [-0.3, -0.25) is 0 Å². The van der Waals surface area contributed by atoms with Crippen molar-refractivity contribution in [1.29, 1.82) is 0 Å². The second-order valence-electron chi connectivity index (χ2n) is 2.20. The minimum Gasteiger partial charge on any atom is -0.395 e. The molecule has 0 fully saturated rings. The van der Waals surface area contributed by atoms with Gasteiger partial charge in [0.05, 0.1) is 6.61 Å². The number of nitrogens with two attached hydrogens (primary N) is 1. The van der Waals surface area contributed by atoms with Crippen LogP contribution in [0.5, 0.6) is 0 Å². The Kier molecular flexibility index (Phi) is 8.32. The van der Waals surface area contributed by atoms with Crippen LogP contribution in [0.3, 0.4) is 0 Å². The molecule has 0 aromatic heterocycles. The first-order valence-corrected chi connectivity index (χ1v) is 2.68. The molecule has 0 saturated heterocycles. The van der Waals surface area contributed by atoms with Gasteiger partial charge in [0.25, 0.3) is 0 Å². The molecule has 0 unspecified atom stereocenters. The van der Waals surface area contributed by atoms with Gasteiger partial charge in [-0.25, -0.2) is 0 Å². The summed E-state index contributed by atoms with van der Waals surface area (Å²) in [7, 11) is 3.85. The van der Waals surface area contributed by atoms with Crippen LogP contribution in [0.2, 0.25) is 0 Å². The second-order valence-corrected chi connectivity index (χ2v) is 2.20. The van der Waals surface area contributed by atoms with Gasteiger partial charge in [-0.05, 0) is 14.1 Å². The van der Waals surface area contributed by atoms with E-state index in [0.29, 0.717) is 0 Å². The highest BCUT2D eigenvalue weighted by Gasteiger charge is 1.98. The highest BCUT2D eigenvalue weighted by atomic mass is 35.5. The Morgan fingerprint density at radius 1 is 1.56 bits per heavy atom. The van der Waals surface area contributed by atoms with E-state index in [0.717, 1.165) is 6.54 Å². The van der Waals surface area contributed by atoms with E-state index in [2.05, 4.69) is 0 Å². The Morgan fingerprint density at radius 3 is 2.11 bits per heavy atom. The van der Waals surface area contributed by atoms with Crippen molar-refractivity contribution in [3.8, 4) is 0 Å². The summed E-state index contributed by atoms with van der Waals surface area (Å²) in [6.07, 6.45) is 0. The average molecular weight is 155 g/mol. The van der Waals surface area contributed by atoms with Gasteiger partial charge in [0.1, 0.15) is 0 Å². The molecule has 0 rings (SSSR count). The summed E-state index contributed by atoms with van der Waals surface area (Å²) in [5.74, 6) is 0. The minimum atomic E-state index is -0.0926. The number of nitrogens with zero attached hydrogens (tertiary/aromatic N) is 1. The normalized spacial score (nSPS) is 13.0. The topological polar surface area (TPSA) is 49.5 Å². The lowest BCUT2D eigenvalue weighted by Crippen LogP contribution is -2.35. The molecule has 0 spiro atoms. The van der Waals surface area contributed by atoms with E-state index in [1.165, 1.54) is 0 Å². The molecular weight excluding hydrogens is 140 g/mol. The van der Waals surface area contributed by atoms with Crippen LogP contribution < -0.4 is 5.73 Å². The number of rotatable bonds is 3. The summed E-state index contributed by atoms with van der Waals surface area (Å²) in [4.78, 5) is 1.95. The molecule has 0 amide bonds. The first-order valence-electron chi connectivity index (χ1n) is 2.68. The maximum Gasteiger partial charge on any atom is 0.0595 e. The minimum absolute atomic E-state index is 0. The van der Waals surface area contributed by atoms with E-state index in [4.69, 9.17) is 10.8 Å². The molecule has 0 saturated carbocycles. The third-order valence-electron chi connectivity index (χ3n) is 0.834. The fourth-order valence-corrected chi connectivity index (χ4v) is 0.527. The van der Waals surface area contributed by atoms with Crippen LogP contribution in [0.25, 0.3) is 0 Å². The van der Waals surface area contributed by atoms with E-state index < -0.39 is 0 Å². The van der Waals surface area contributed by atoms with Gasteiger partial charge >= 0.3 is 0 Å². The Balaban J connectivity index is 0. The van der Waals surface area contributed by atoms with E-state index in [9.17, 15) is 0 Å². The number of likely N-dealkylation sites (N-methyl/N-ethyl adjacent to an activating group) is 1. The summed E-state index contributed by atoms with van der Waals surface area (Å²) >= 11 is 0. The van der Waals surface area contributed by atoms with Crippen LogP contribution in [-0.2, 0) is 0 Å². The summed E-state index contributed by atoms with van der Waals surface area (Å²) in [5.41, 5.74) is 5.38. The Morgan fingerprint density at radius 2 is 2.00 bits per heavy atom. The molecule has 58 valence electrons. The smallest absolute Gasteiger partial charge is 0.0595 e. The Labute approximate surface area is 62.2 Å². The van der Waals surface area contributed by atoms with Gasteiger partial charge in [-0.2, -0.15) is 0 Å². The Bertz CT molecular complexity index is 60.9. The van der Waals surface area contributed by atoms with Crippen molar-refractivity contribution in [1.82, 2.24) is 4.90 Å². The molecule has 3 nitrogen and oxygen atoms in total. The number of aliphatic hydroxyl groups excluding tert-OH is 1. The lowest BCUT2D eigenvalue weighted by molar-refractivity contribution is 0.236. The van der Waals surface area contributed by atoms with E-state index in [1.54, 1.807) is 0 Å². The Hall–Kier alpha value is 0.170. The van der Waals surface area contributed by atoms with Crippen LogP contribution in [0.4, 0.5) is 0 Å². The molecule has 9 heavy (non-hydrogen) atoms. The number of aliphatic hydroxyl groups is 1. The predicted octanol–water partition coefficient (Wildman–Crippen LogP) is -0.711. The molecule has 0 aliphatic heterocycles. The van der Waals surface area contributed by atoms with Crippen molar-refractivity contribution in [2.75, 3.05) is 27.2 Å². The molecule has 0 radical (unpaired) electrons. The van der Waals surface area contributed by atoms with Crippen LogP contribution >= 0.6 is 12.4 Å². The SMILES string of the molecule is CN(C)C[C@H](N)CO.Cl. The van der Waals surface area contributed by atoms with Crippen molar-refractivity contribution in [2.24, 2.45) is 5.73 Å². The van der Waals surface area contributed by atoms with Gasteiger partial charge in [0.15, 0.2) is 0 Å². The largest absolute Gasteiger partial charge is 0.395 e. The number of halogens is 1. The molecule has 1 atom stereocenters. The molecule has 0 aliphatic rings. The van der Waals surface area contributed by atoms with Crippen molar-refractivity contribution < 1.29 is 5.11 Å². The first kappa shape index (κ1) is 11.9. The molecule has 0 aliphatic carbocycles. The lowest BCUT2D eigenvalue weighted by atomic mass is 10.3. The quantitative estimate of drug-likeness (QED) is 0.565. The summed E-state index contributed by atoms with van der Waals surface area (Å²) in [5, 5.41) is 8.43. The van der Waals surface area contributed by atoms with Crippen molar-refractivity contribution in [3.05, 3.63) is 0 Å². The molecule has 0 heterocycles. The zero-order chi connectivity index (χ0) is 6.57. The maximum atomic E-state index is 8.43. The standard InChI is InChI=1S/C5H14N2O.ClH/c1-7(2)3-5(6)4-8;/h5,8H,3-4,6H2,1-2H3;1H/t5-;/m0./s1. The third kappa shape index (κ3) is 8.17. The third-order valence-corrected chi connectivity index (χ3v) is 0.834. The van der Waals surface area contributed by atoms with Crippen LogP contribution in [0.1, 0.15) is 0 Å². The van der Waals surface area contributed by atoms with E-state index in [1.807, 2.05) is 19.0 Å². The highest BCUT2D eigenvalue weighted by Crippen LogP contribution is 1.78. The fourth-order valence-electron chi connectivity index (χ4n) is 0.527. The predicted molar refractivity (Wildman–Crippen MR) is 40.9 cm³/mol. The monoisotopic (exact) mass is 154 g/mol. The van der Waals surface area contributed by atoms with E-state index >= 15 is 0 Å². The van der Waals surface area contributed by atoms with Crippen molar-refractivity contribution in [3.63, 3.8) is 0 Å². The fraction of sp³-hybridized carbons (Fsp3) is 1.00. The van der Waals surface area contributed by atoms with Crippen molar-refractivity contribution in [2.45, 2.75) is 6.04 Å². The second kappa shape index (κ2) is 6.29. The van der Waals surface area contributed by atoms with Crippen molar-refractivity contribution >= 4 is 12.4 Å².